The van der Waals surface area contributed by atoms with Crippen molar-refractivity contribution in [3.05, 3.63) is 29.8 Å². The first kappa shape index (κ1) is 29.3. The van der Waals surface area contributed by atoms with Gasteiger partial charge >= 0.3 is 0 Å². The highest BCUT2D eigenvalue weighted by molar-refractivity contribution is 7.80. The summed E-state index contributed by atoms with van der Waals surface area (Å²) in [5.74, 6) is -0.167. The summed E-state index contributed by atoms with van der Waals surface area (Å²) in [5, 5.41) is 9.02. The SMILES string of the molecule is CCCCCCCCC(=O)NC(NC(=S)Nc1ccc(CCCCCC)cc1)C(Cl)(Cl)Cl. The molecule has 0 heterocycles. The molecule has 1 atom stereocenters. The standard InChI is InChI=1S/C24H38Cl3N3OS/c1-3-5-7-9-10-12-14-21(31)29-22(24(25,26)27)30-23(32)28-20-17-15-19(16-18-20)13-11-8-6-4-2/h15-18,22H,3-14H2,1-2H3,(H,29,31)(H2,28,30,32). The summed E-state index contributed by atoms with van der Waals surface area (Å²) in [7, 11) is 0. The maximum atomic E-state index is 12.3. The highest BCUT2D eigenvalue weighted by Crippen LogP contribution is 2.29. The molecular formula is C24H38Cl3N3OS. The van der Waals surface area contributed by atoms with Crippen LogP contribution in [0, 0.1) is 0 Å². The summed E-state index contributed by atoms with van der Waals surface area (Å²) in [5.41, 5.74) is 2.13. The molecule has 0 fully saturated rings. The van der Waals surface area contributed by atoms with E-state index in [2.05, 4.69) is 41.9 Å². The summed E-state index contributed by atoms with van der Waals surface area (Å²) < 4.78 is -1.75. The van der Waals surface area contributed by atoms with E-state index in [1.165, 1.54) is 50.5 Å². The normalized spacial score (nSPS) is 12.3. The molecule has 0 aliphatic rings. The number of rotatable bonds is 15. The van der Waals surface area contributed by atoms with Crippen molar-refractivity contribution in [1.82, 2.24) is 10.6 Å². The zero-order valence-corrected chi connectivity index (χ0v) is 22.4. The van der Waals surface area contributed by atoms with Crippen molar-refractivity contribution < 1.29 is 4.79 Å². The number of hydrogen-bond donors (Lipinski definition) is 3. The highest BCUT2D eigenvalue weighted by atomic mass is 35.6. The van der Waals surface area contributed by atoms with Crippen LogP contribution in [-0.4, -0.2) is 21.0 Å². The molecular weight excluding hydrogens is 485 g/mol. The number of nitrogens with one attached hydrogen (secondary N) is 3. The van der Waals surface area contributed by atoms with Crippen LogP contribution in [0.15, 0.2) is 24.3 Å². The monoisotopic (exact) mass is 521 g/mol. The van der Waals surface area contributed by atoms with E-state index in [1.807, 2.05) is 12.1 Å². The third-order valence-electron chi connectivity index (χ3n) is 5.20. The Morgan fingerprint density at radius 3 is 2.03 bits per heavy atom. The van der Waals surface area contributed by atoms with Crippen LogP contribution >= 0.6 is 47.0 Å². The predicted molar refractivity (Wildman–Crippen MR) is 144 cm³/mol. The lowest BCUT2D eigenvalue weighted by molar-refractivity contribution is -0.122. The molecule has 0 radical (unpaired) electrons. The average molecular weight is 523 g/mol. The minimum Gasteiger partial charge on any atom is -0.339 e. The van der Waals surface area contributed by atoms with Crippen LogP contribution in [0.2, 0.25) is 0 Å². The first-order valence-corrected chi connectivity index (χ1v) is 13.3. The Morgan fingerprint density at radius 1 is 0.875 bits per heavy atom. The molecule has 1 aromatic carbocycles. The van der Waals surface area contributed by atoms with E-state index in [1.54, 1.807) is 0 Å². The van der Waals surface area contributed by atoms with Gasteiger partial charge in [0.1, 0.15) is 6.17 Å². The predicted octanol–water partition coefficient (Wildman–Crippen LogP) is 7.66. The van der Waals surface area contributed by atoms with Crippen LogP contribution in [0.4, 0.5) is 5.69 Å². The topological polar surface area (TPSA) is 53.2 Å². The number of carbonyl (C=O) groups excluding carboxylic acids is 1. The second-order valence-corrected chi connectivity index (χ2v) is 10.9. The van der Waals surface area contributed by atoms with Gasteiger partial charge in [-0.1, -0.05) is 112 Å². The van der Waals surface area contributed by atoms with E-state index in [9.17, 15) is 4.79 Å². The number of anilines is 1. The Kier molecular flexibility index (Phi) is 15.4. The van der Waals surface area contributed by atoms with Gasteiger partial charge in [-0.25, -0.2) is 0 Å². The van der Waals surface area contributed by atoms with E-state index in [4.69, 9.17) is 47.0 Å². The molecule has 0 aliphatic heterocycles. The molecule has 0 aliphatic carbocycles. The van der Waals surface area contributed by atoms with Gasteiger partial charge in [-0.2, -0.15) is 0 Å². The van der Waals surface area contributed by atoms with Crippen LogP contribution in [0.1, 0.15) is 90.0 Å². The lowest BCUT2D eigenvalue weighted by Gasteiger charge is -2.27. The Labute approximate surface area is 214 Å². The number of carbonyl (C=O) groups is 1. The van der Waals surface area contributed by atoms with Gasteiger partial charge in [-0.3, -0.25) is 4.79 Å². The second kappa shape index (κ2) is 16.8. The molecule has 0 aromatic heterocycles. The molecule has 1 unspecified atom stereocenters. The minimum atomic E-state index is -1.75. The van der Waals surface area contributed by atoms with Gasteiger partial charge in [-0.15, -0.1) is 0 Å². The number of benzene rings is 1. The molecule has 8 heteroatoms. The summed E-state index contributed by atoms with van der Waals surface area (Å²) in [4.78, 5) is 12.3. The largest absolute Gasteiger partial charge is 0.339 e. The lowest BCUT2D eigenvalue weighted by Crippen LogP contribution is -2.56. The van der Waals surface area contributed by atoms with Crippen LogP contribution in [0.5, 0.6) is 0 Å². The van der Waals surface area contributed by atoms with Gasteiger partial charge in [0.15, 0.2) is 5.11 Å². The molecule has 0 saturated carbocycles. The number of unbranched alkanes of at least 4 members (excludes halogenated alkanes) is 8. The third-order valence-corrected chi connectivity index (χ3v) is 6.07. The zero-order chi connectivity index (χ0) is 23.8. The highest BCUT2D eigenvalue weighted by Gasteiger charge is 2.34. The van der Waals surface area contributed by atoms with Gasteiger partial charge in [0, 0.05) is 12.1 Å². The number of halogens is 3. The molecule has 4 nitrogen and oxygen atoms in total. The Bertz CT molecular complexity index is 665. The molecule has 182 valence electrons. The van der Waals surface area contributed by atoms with E-state index < -0.39 is 9.96 Å². The van der Waals surface area contributed by atoms with Crippen LogP contribution in [-0.2, 0) is 11.2 Å². The fraction of sp³-hybridized carbons (Fsp3) is 0.667. The molecule has 1 aromatic rings. The Morgan fingerprint density at radius 2 is 1.44 bits per heavy atom. The van der Waals surface area contributed by atoms with E-state index in [0.29, 0.717) is 6.42 Å². The molecule has 0 spiro atoms. The molecule has 1 amide bonds. The van der Waals surface area contributed by atoms with E-state index in [0.717, 1.165) is 31.4 Å². The van der Waals surface area contributed by atoms with Crippen molar-refractivity contribution >= 4 is 63.7 Å². The third kappa shape index (κ3) is 13.7. The maximum Gasteiger partial charge on any atom is 0.228 e. The van der Waals surface area contributed by atoms with Crippen molar-refractivity contribution in [3.8, 4) is 0 Å². The molecule has 0 bridgehead atoms. The number of alkyl halides is 3. The van der Waals surface area contributed by atoms with Gasteiger partial charge in [-0.05, 0) is 49.2 Å². The lowest BCUT2D eigenvalue weighted by atomic mass is 10.1. The molecule has 0 saturated heterocycles. The van der Waals surface area contributed by atoms with Crippen LogP contribution in [0.3, 0.4) is 0 Å². The van der Waals surface area contributed by atoms with Gasteiger partial charge in [0.25, 0.3) is 0 Å². The van der Waals surface area contributed by atoms with E-state index in [-0.39, 0.29) is 11.0 Å². The number of hydrogen-bond acceptors (Lipinski definition) is 2. The second-order valence-electron chi connectivity index (χ2n) is 8.17. The van der Waals surface area contributed by atoms with Crippen molar-refractivity contribution in [2.75, 3.05) is 5.32 Å². The average Bonchev–Trinajstić information content (AvgIpc) is 2.74. The fourth-order valence-corrected chi connectivity index (χ4v) is 3.87. The van der Waals surface area contributed by atoms with Gasteiger partial charge < -0.3 is 16.0 Å². The smallest absolute Gasteiger partial charge is 0.228 e. The summed E-state index contributed by atoms with van der Waals surface area (Å²) in [6.07, 6.45) is 12.1. The zero-order valence-electron chi connectivity index (χ0n) is 19.3. The van der Waals surface area contributed by atoms with Crippen molar-refractivity contribution in [3.63, 3.8) is 0 Å². The van der Waals surface area contributed by atoms with Crippen molar-refractivity contribution in [2.24, 2.45) is 0 Å². The van der Waals surface area contributed by atoms with Crippen LogP contribution < -0.4 is 16.0 Å². The molecule has 32 heavy (non-hydrogen) atoms. The molecule has 3 N–H and O–H groups in total. The number of thiocarbonyl (C=S) groups is 1. The maximum absolute atomic E-state index is 12.3. The van der Waals surface area contributed by atoms with Crippen molar-refractivity contribution in [2.45, 2.75) is 101 Å². The summed E-state index contributed by atoms with van der Waals surface area (Å²) >= 11 is 23.6. The van der Waals surface area contributed by atoms with Crippen LogP contribution in [0.25, 0.3) is 0 Å². The Balaban J connectivity index is 2.46. The first-order chi connectivity index (χ1) is 15.3. The number of aryl methyl sites for hydroxylation is 1. The van der Waals surface area contributed by atoms with Gasteiger partial charge in [0.05, 0.1) is 0 Å². The van der Waals surface area contributed by atoms with Crippen molar-refractivity contribution in [1.29, 1.82) is 0 Å². The summed E-state index contributed by atoms with van der Waals surface area (Å²) in [6.45, 7) is 4.40. The first-order valence-electron chi connectivity index (χ1n) is 11.8. The Hall–Kier alpha value is -0.750. The van der Waals surface area contributed by atoms with Gasteiger partial charge in [0.2, 0.25) is 9.70 Å². The fourth-order valence-electron chi connectivity index (χ4n) is 3.31. The molecule has 1 rings (SSSR count). The minimum absolute atomic E-state index is 0.167. The van der Waals surface area contributed by atoms with E-state index >= 15 is 0 Å². The quantitative estimate of drug-likeness (QED) is 0.0957. The summed E-state index contributed by atoms with van der Waals surface area (Å²) in [6, 6.07) is 8.13. The number of amides is 1.